The molecule has 35 heavy (non-hydrogen) atoms. The van der Waals surface area contributed by atoms with E-state index < -0.39 is 0 Å². The standard InChI is InChI=1S/C12H15N5.C10H17N5S.C2H6/c1-9-4-6-10(7-5-9)17-8-2-3-11(17)12(15-13)16-14;1-7-3-4-8(10(14-11)15-12)9(13-7)5-6-16-2;1-2/h2-8H,13-14H2,1H3,(H,15,16);3-4H,5-6,11-12H2,1-2H3,(H,14,15);1-2H3. The van der Waals surface area contributed by atoms with Gasteiger partial charge in [-0.1, -0.05) is 31.5 Å². The molecule has 190 valence electrons. The quantitative estimate of drug-likeness (QED) is 0.130. The van der Waals surface area contributed by atoms with Gasteiger partial charge < -0.3 is 27.1 Å². The van der Waals surface area contributed by atoms with Gasteiger partial charge in [-0.05, 0) is 68.7 Å². The first-order valence-corrected chi connectivity index (χ1v) is 12.6. The zero-order valence-corrected chi connectivity index (χ0v) is 21.9. The van der Waals surface area contributed by atoms with Gasteiger partial charge in [0.25, 0.3) is 0 Å². The number of hydrogen-bond donors (Lipinski definition) is 6. The summed E-state index contributed by atoms with van der Waals surface area (Å²) in [5.74, 6) is 23.2. The Morgan fingerprint density at radius 1 is 0.943 bits per heavy atom. The molecule has 0 atom stereocenters. The summed E-state index contributed by atoms with van der Waals surface area (Å²) in [6, 6.07) is 15.8. The van der Waals surface area contributed by atoms with Crippen LogP contribution >= 0.6 is 11.8 Å². The molecule has 2 aromatic heterocycles. The molecule has 10 N–H and O–H groups in total. The van der Waals surface area contributed by atoms with Crippen molar-refractivity contribution in [2.45, 2.75) is 34.1 Å². The van der Waals surface area contributed by atoms with Gasteiger partial charge in [-0.25, -0.2) is 11.7 Å². The Labute approximate surface area is 212 Å². The van der Waals surface area contributed by atoms with Crippen molar-refractivity contribution < 1.29 is 0 Å². The Bertz CT molecular complexity index is 1070. The van der Waals surface area contributed by atoms with E-state index in [-0.39, 0.29) is 0 Å². The molecule has 0 fully saturated rings. The van der Waals surface area contributed by atoms with Crippen LogP contribution in [0, 0.1) is 13.8 Å². The van der Waals surface area contributed by atoms with Crippen LogP contribution in [0.25, 0.3) is 5.69 Å². The van der Waals surface area contributed by atoms with E-state index in [0.717, 1.165) is 40.5 Å². The second-order valence-corrected chi connectivity index (χ2v) is 8.02. The summed E-state index contributed by atoms with van der Waals surface area (Å²) in [5, 5.41) is 7.22. The van der Waals surface area contributed by atoms with Gasteiger partial charge in [0.1, 0.15) is 0 Å². The number of hydrogen-bond acceptors (Lipinski definition) is 8. The van der Waals surface area contributed by atoms with Crippen molar-refractivity contribution >= 4 is 23.4 Å². The lowest BCUT2D eigenvalue weighted by molar-refractivity contribution is 0.965. The number of amidine groups is 2. The van der Waals surface area contributed by atoms with E-state index in [1.165, 1.54) is 5.56 Å². The van der Waals surface area contributed by atoms with Crippen LogP contribution in [0.5, 0.6) is 0 Å². The molecule has 0 aliphatic carbocycles. The van der Waals surface area contributed by atoms with Gasteiger partial charge in [0, 0.05) is 23.1 Å². The molecule has 0 bridgehead atoms. The SMILES string of the molecule is CC.CSCCc1nc(C)ccc1/C(=N/N)NN.Cc1ccc(-n2cccc2/C(=N/N)NN)cc1. The number of rotatable bonds is 6. The van der Waals surface area contributed by atoms with E-state index in [9.17, 15) is 0 Å². The number of hydrazone groups is 2. The Kier molecular flexibility index (Phi) is 13.6. The van der Waals surface area contributed by atoms with Crippen LogP contribution in [-0.2, 0) is 6.42 Å². The molecule has 3 rings (SSSR count). The molecule has 0 aliphatic heterocycles. The highest BCUT2D eigenvalue weighted by Crippen LogP contribution is 2.14. The third-order valence-corrected chi connectivity index (χ3v) is 5.36. The average Bonchev–Trinajstić information content (AvgIpc) is 3.37. The zero-order valence-electron chi connectivity index (χ0n) is 21.1. The Morgan fingerprint density at radius 2 is 1.57 bits per heavy atom. The van der Waals surface area contributed by atoms with E-state index >= 15 is 0 Å². The summed E-state index contributed by atoms with van der Waals surface area (Å²) in [4.78, 5) is 4.48. The molecule has 0 radical (unpaired) electrons. The Hall–Kier alpha value is -3.54. The summed E-state index contributed by atoms with van der Waals surface area (Å²) in [7, 11) is 0. The van der Waals surface area contributed by atoms with Gasteiger partial charge in [0.05, 0.1) is 11.4 Å². The maximum absolute atomic E-state index is 5.37. The first-order chi connectivity index (χ1) is 17.0. The van der Waals surface area contributed by atoms with E-state index in [0.29, 0.717) is 11.7 Å². The fourth-order valence-corrected chi connectivity index (χ4v) is 3.48. The van der Waals surface area contributed by atoms with Crippen molar-refractivity contribution in [2.75, 3.05) is 12.0 Å². The van der Waals surface area contributed by atoms with Crippen LogP contribution in [0.3, 0.4) is 0 Å². The second-order valence-electron chi connectivity index (χ2n) is 7.03. The van der Waals surface area contributed by atoms with Crippen molar-refractivity contribution in [3.05, 3.63) is 82.9 Å². The minimum atomic E-state index is 0.440. The largest absolute Gasteiger partial charge is 0.321 e. The molecule has 3 aromatic rings. The van der Waals surface area contributed by atoms with E-state index in [1.54, 1.807) is 11.8 Å². The molecule has 10 nitrogen and oxygen atoms in total. The van der Waals surface area contributed by atoms with Gasteiger partial charge >= 0.3 is 0 Å². The highest BCUT2D eigenvalue weighted by molar-refractivity contribution is 7.98. The van der Waals surface area contributed by atoms with Gasteiger partial charge in [-0.15, -0.1) is 0 Å². The van der Waals surface area contributed by atoms with Gasteiger partial charge in [0.15, 0.2) is 11.7 Å². The first-order valence-electron chi connectivity index (χ1n) is 11.2. The number of thioether (sulfide) groups is 1. The second kappa shape index (κ2) is 16.1. The highest BCUT2D eigenvalue weighted by atomic mass is 32.2. The van der Waals surface area contributed by atoms with Gasteiger partial charge in [-0.2, -0.15) is 22.0 Å². The maximum atomic E-state index is 5.37. The maximum Gasteiger partial charge on any atom is 0.183 e. The predicted molar refractivity (Wildman–Crippen MR) is 149 cm³/mol. The van der Waals surface area contributed by atoms with Crippen LogP contribution in [0.15, 0.2) is 64.9 Å². The number of hydrazine groups is 2. The highest BCUT2D eigenvalue weighted by Gasteiger charge is 2.10. The van der Waals surface area contributed by atoms with Crippen LogP contribution in [0.2, 0.25) is 0 Å². The minimum Gasteiger partial charge on any atom is -0.321 e. The van der Waals surface area contributed by atoms with Crippen molar-refractivity contribution in [3.8, 4) is 5.69 Å². The minimum absolute atomic E-state index is 0.440. The smallest absolute Gasteiger partial charge is 0.183 e. The summed E-state index contributed by atoms with van der Waals surface area (Å²) in [6.45, 7) is 8.01. The molecule has 2 heterocycles. The van der Waals surface area contributed by atoms with Crippen LogP contribution in [0.1, 0.15) is 42.1 Å². The topological polar surface area (TPSA) is 171 Å². The van der Waals surface area contributed by atoms with Crippen molar-refractivity contribution in [3.63, 3.8) is 0 Å². The summed E-state index contributed by atoms with van der Waals surface area (Å²) >= 11 is 1.78. The molecule has 0 spiro atoms. The molecule has 0 unspecified atom stereocenters. The number of aromatic nitrogens is 2. The molecule has 1 aromatic carbocycles. The molecule has 0 amide bonds. The number of pyridine rings is 1. The third kappa shape index (κ3) is 8.63. The van der Waals surface area contributed by atoms with Crippen molar-refractivity contribution in [1.82, 2.24) is 20.4 Å². The number of aryl methyl sites for hydroxylation is 3. The molecule has 0 saturated heterocycles. The summed E-state index contributed by atoms with van der Waals surface area (Å²) in [6.07, 6.45) is 4.87. The van der Waals surface area contributed by atoms with E-state index in [2.05, 4.69) is 39.2 Å². The van der Waals surface area contributed by atoms with Gasteiger partial charge in [0.2, 0.25) is 0 Å². The Morgan fingerprint density at radius 3 is 2.11 bits per heavy atom. The molecule has 0 aliphatic rings. The zero-order chi connectivity index (χ0) is 26.2. The molecule has 11 heteroatoms. The fraction of sp³-hybridized carbons (Fsp3) is 0.292. The van der Waals surface area contributed by atoms with E-state index in [1.807, 2.05) is 80.1 Å². The van der Waals surface area contributed by atoms with Crippen LogP contribution < -0.4 is 34.2 Å². The van der Waals surface area contributed by atoms with Crippen molar-refractivity contribution in [2.24, 2.45) is 33.6 Å². The first kappa shape index (κ1) is 29.5. The van der Waals surface area contributed by atoms with E-state index in [4.69, 9.17) is 23.4 Å². The number of nitrogens with one attached hydrogen (secondary N) is 2. The lowest BCUT2D eigenvalue weighted by Crippen LogP contribution is -2.33. The monoisotopic (exact) mass is 498 g/mol. The third-order valence-electron chi connectivity index (χ3n) is 4.75. The van der Waals surface area contributed by atoms with Crippen molar-refractivity contribution in [1.29, 1.82) is 0 Å². The summed E-state index contributed by atoms with van der Waals surface area (Å²) in [5.41, 5.74) is 10.8. The lowest BCUT2D eigenvalue weighted by atomic mass is 10.1. The number of nitrogens with zero attached hydrogens (tertiary/aromatic N) is 4. The molecular formula is C24H38N10S. The number of benzene rings is 1. The molecular weight excluding hydrogens is 460 g/mol. The molecule has 0 saturated carbocycles. The predicted octanol–water partition coefficient (Wildman–Crippen LogP) is 2.27. The Balaban J connectivity index is 0.000000328. The lowest BCUT2D eigenvalue weighted by Gasteiger charge is -2.10. The number of nitrogens with two attached hydrogens (primary N) is 4. The summed E-state index contributed by atoms with van der Waals surface area (Å²) < 4.78 is 1.96. The van der Waals surface area contributed by atoms with Crippen LogP contribution in [0.4, 0.5) is 0 Å². The fourth-order valence-electron chi connectivity index (χ4n) is 3.08. The van der Waals surface area contributed by atoms with Crippen LogP contribution in [-0.4, -0.2) is 33.2 Å². The normalized spacial score (nSPS) is 11.1. The van der Waals surface area contributed by atoms with Gasteiger partial charge in [-0.3, -0.25) is 4.98 Å². The average molecular weight is 499 g/mol.